The SMILES string of the molecule is [2H]c1c([2H])c([2H])c(-c2cc(-c3c([2H])c([2H])c([2H])c([2H])c3[2H])[o+]c(-c3ccccc3)n2)c([2H])c1[2H]. The van der Waals surface area contributed by atoms with E-state index in [-0.39, 0.29) is 28.5 Å². The molecule has 0 radical (unpaired) electrons. The van der Waals surface area contributed by atoms with E-state index in [0.29, 0.717) is 5.56 Å². The van der Waals surface area contributed by atoms with Crippen molar-refractivity contribution < 1.29 is 18.1 Å². The van der Waals surface area contributed by atoms with Gasteiger partial charge in [-0.3, -0.25) is 0 Å². The Morgan fingerprint density at radius 3 is 2.00 bits per heavy atom. The van der Waals surface area contributed by atoms with Crippen molar-refractivity contribution in [1.29, 1.82) is 0 Å². The molecule has 0 saturated heterocycles. The molecule has 0 saturated carbocycles. The number of rotatable bonds is 3. The van der Waals surface area contributed by atoms with Crippen LogP contribution in [0.1, 0.15) is 13.7 Å². The van der Waals surface area contributed by atoms with Crippen molar-refractivity contribution in [2.24, 2.45) is 0 Å². The van der Waals surface area contributed by atoms with Gasteiger partial charge in [-0.25, -0.2) is 0 Å². The number of benzene rings is 3. The fourth-order valence-corrected chi connectivity index (χ4v) is 2.13. The average Bonchev–Trinajstić information content (AvgIpc) is 2.84. The molecule has 0 unspecified atom stereocenters. The highest BCUT2D eigenvalue weighted by molar-refractivity contribution is 5.69. The smallest absolute Gasteiger partial charge is 0.186 e. The van der Waals surface area contributed by atoms with Gasteiger partial charge in [0.2, 0.25) is 0 Å². The van der Waals surface area contributed by atoms with Crippen molar-refractivity contribution in [1.82, 2.24) is 4.98 Å². The molecule has 1 aromatic heterocycles. The van der Waals surface area contributed by atoms with Gasteiger partial charge in [0.25, 0.3) is 0 Å². The summed E-state index contributed by atoms with van der Waals surface area (Å²) in [6.07, 6.45) is 0. The summed E-state index contributed by atoms with van der Waals surface area (Å²) in [5.74, 6) is -0.181. The van der Waals surface area contributed by atoms with Gasteiger partial charge in [0.1, 0.15) is 5.56 Å². The summed E-state index contributed by atoms with van der Waals surface area (Å²) < 4.78 is 86.6. The van der Waals surface area contributed by atoms with E-state index >= 15 is 0 Å². The molecule has 0 amide bonds. The standard InChI is InChI=1S/C22H16NO/c1-4-10-17(11-5-1)20-16-21(18-12-6-2-7-13-18)24-22(23-20)19-14-8-3-9-15-19/h1-16H/q+1/i1D,2D,4D,5D,6D,7D,10D,11D,12D,13D. The summed E-state index contributed by atoms with van der Waals surface area (Å²) in [4.78, 5) is 4.37. The van der Waals surface area contributed by atoms with Gasteiger partial charge in [-0.05, 0) is 24.2 Å². The van der Waals surface area contributed by atoms with Crippen LogP contribution in [0.15, 0.2) is 101 Å². The fourth-order valence-electron chi connectivity index (χ4n) is 2.13. The lowest BCUT2D eigenvalue weighted by Gasteiger charge is -2.00. The van der Waals surface area contributed by atoms with Gasteiger partial charge in [-0.15, -0.1) is 0 Å². The summed E-state index contributed by atoms with van der Waals surface area (Å²) in [5, 5.41) is 0. The van der Waals surface area contributed by atoms with Crippen molar-refractivity contribution >= 4 is 0 Å². The van der Waals surface area contributed by atoms with Crippen LogP contribution in [0, 0.1) is 0 Å². The predicted molar refractivity (Wildman–Crippen MR) is 97.2 cm³/mol. The Bertz CT molecular complexity index is 1310. The largest absolute Gasteiger partial charge is 0.460 e. The van der Waals surface area contributed by atoms with Gasteiger partial charge in [0, 0.05) is 5.56 Å². The topological polar surface area (TPSA) is 24.2 Å². The number of hydrogen-bond acceptors (Lipinski definition) is 1. The maximum Gasteiger partial charge on any atom is 0.460 e. The van der Waals surface area contributed by atoms with Crippen molar-refractivity contribution in [2.75, 3.05) is 0 Å². The maximum atomic E-state index is 8.30. The number of aromatic nitrogens is 1. The van der Waals surface area contributed by atoms with Gasteiger partial charge >= 0.3 is 11.7 Å². The van der Waals surface area contributed by atoms with Crippen LogP contribution >= 0.6 is 0 Å². The monoisotopic (exact) mass is 320 g/mol. The quantitative estimate of drug-likeness (QED) is 0.435. The van der Waals surface area contributed by atoms with Crippen LogP contribution in [0.3, 0.4) is 0 Å². The van der Waals surface area contributed by atoms with Crippen LogP contribution in [0.4, 0.5) is 0 Å². The fraction of sp³-hybridized carbons (Fsp3) is 0. The minimum Gasteiger partial charge on any atom is -0.186 e. The van der Waals surface area contributed by atoms with Crippen molar-refractivity contribution in [3.63, 3.8) is 0 Å². The molecule has 2 heteroatoms. The zero-order valence-electron chi connectivity index (χ0n) is 22.3. The normalized spacial score (nSPS) is 16.3. The molecule has 1 heterocycles. The van der Waals surface area contributed by atoms with E-state index in [1.807, 2.05) is 0 Å². The van der Waals surface area contributed by atoms with E-state index in [1.54, 1.807) is 30.3 Å². The van der Waals surface area contributed by atoms with Gasteiger partial charge in [0.05, 0.1) is 31.0 Å². The van der Waals surface area contributed by atoms with Crippen LogP contribution in [-0.4, -0.2) is 4.98 Å². The van der Waals surface area contributed by atoms with Crippen LogP contribution in [0.2, 0.25) is 0 Å². The first-order chi connectivity index (χ1) is 16.0. The molecule has 0 fully saturated rings. The third-order valence-corrected chi connectivity index (χ3v) is 3.22. The van der Waals surface area contributed by atoms with E-state index in [2.05, 4.69) is 4.98 Å². The molecule has 0 bridgehead atoms. The Labute approximate surface area is 155 Å². The second-order valence-electron chi connectivity index (χ2n) is 4.78. The molecule has 0 N–H and O–H groups in total. The highest BCUT2D eigenvalue weighted by atomic mass is 16.3. The molecule has 4 aromatic rings. The molecule has 4 rings (SSSR count). The van der Waals surface area contributed by atoms with E-state index in [9.17, 15) is 0 Å². The first-order valence-corrected chi connectivity index (χ1v) is 7.09. The van der Waals surface area contributed by atoms with E-state index in [4.69, 9.17) is 18.1 Å². The highest BCUT2D eigenvalue weighted by Gasteiger charge is 2.21. The summed E-state index contributed by atoms with van der Waals surface area (Å²) in [6, 6.07) is 4.40. The van der Waals surface area contributed by atoms with E-state index in [0.717, 1.165) is 0 Å². The lowest BCUT2D eigenvalue weighted by atomic mass is 10.1. The second kappa shape index (κ2) is 6.47. The van der Waals surface area contributed by atoms with Gasteiger partial charge in [0.15, 0.2) is 0 Å². The van der Waals surface area contributed by atoms with Crippen LogP contribution in [-0.2, 0) is 0 Å². The highest BCUT2D eigenvalue weighted by Crippen LogP contribution is 2.29. The Kier molecular flexibility index (Phi) is 1.91. The molecule has 114 valence electrons. The summed E-state index contributed by atoms with van der Waals surface area (Å²) in [7, 11) is 0. The molecule has 0 aliphatic carbocycles. The average molecular weight is 320 g/mol. The molecule has 0 aliphatic rings. The summed E-state index contributed by atoms with van der Waals surface area (Å²) in [6.45, 7) is 0. The molecule has 24 heavy (non-hydrogen) atoms. The van der Waals surface area contributed by atoms with Gasteiger partial charge in [-0.1, -0.05) is 66.5 Å². The summed E-state index contributed by atoms with van der Waals surface area (Å²) in [5.41, 5.74) is -0.0268. The number of nitrogens with zero attached hydrogens (tertiary/aromatic N) is 1. The first kappa shape index (κ1) is 7.10. The lowest BCUT2D eigenvalue weighted by molar-refractivity contribution is 0.562. The Hall–Kier alpha value is -3.26. The second-order valence-corrected chi connectivity index (χ2v) is 4.78. The molecule has 3 aromatic carbocycles. The Morgan fingerprint density at radius 2 is 1.33 bits per heavy atom. The first-order valence-electron chi connectivity index (χ1n) is 12.1. The van der Waals surface area contributed by atoms with E-state index < -0.39 is 60.4 Å². The zero-order chi connectivity index (χ0) is 24.9. The molecule has 0 atom stereocenters. The van der Waals surface area contributed by atoms with E-state index in [1.165, 1.54) is 6.07 Å². The molecular weight excluding hydrogens is 294 g/mol. The lowest BCUT2D eigenvalue weighted by Crippen LogP contribution is -1.90. The minimum absolute atomic E-state index is 0.0216. The number of hydrogen-bond donors (Lipinski definition) is 0. The van der Waals surface area contributed by atoms with Crippen LogP contribution < -0.4 is 0 Å². The molecule has 0 spiro atoms. The molecule has 2 nitrogen and oxygen atoms in total. The predicted octanol–water partition coefficient (Wildman–Crippen LogP) is 5.96. The summed E-state index contributed by atoms with van der Waals surface area (Å²) >= 11 is 0. The van der Waals surface area contributed by atoms with Crippen LogP contribution in [0.5, 0.6) is 0 Å². The maximum absolute atomic E-state index is 8.30. The third kappa shape index (κ3) is 2.95. The Morgan fingerprint density at radius 1 is 0.708 bits per heavy atom. The van der Waals surface area contributed by atoms with Crippen molar-refractivity contribution in [3.05, 3.63) is 96.8 Å². The molecular formula is C22H16NO+. The zero-order valence-corrected chi connectivity index (χ0v) is 12.3. The van der Waals surface area contributed by atoms with Crippen molar-refractivity contribution in [2.45, 2.75) is 0 Å². The van der Waals surface area contributed by atoms with Crippen LogP contribution in [0.25, 0.3) is 34.0 Å². The molecule has 0 aliphatic heterocycles. The third-order valence-electron chi connectivity index (χ3n) is 3.22. The van der Waals surface area contributed by atoms with Gasteiger partial charge in [-0.2, -0.15) is 9.40 Å². The van der Waals surface area contributed by atoms with Gasteiger partial charge < -0.3 is 0 Å². The Balaban J connectivity index is 2.12. The minimum atomic E-state index is -0.568. The van der Waals surface area contributed by atoms with Crippen molar-refractivity contribution in [3.8, 4) is 34.0 Å².